The molecule has 1 rings (SSSR count). The van der Waals surface area contributed by atoms with E-state index in [0.29, 0.717) is 0 Å². The lowest BCUT2D eigenvalue weighted by Crippen LogP contribution is -2.49. The molecule has 9 heavy (non-hydrogen) atoms. The molecule has 4 N–H and O–H groups in total. The molecule has 0 aromatic heterocycles. The van der Waals surface area contributed by atoms with Gasteiger partial charge in [-0.15, -0.1) is 0 Å². The van der Waals surface area contributed by atoms with E-state index < -0.39 is 6.09 Å². The average molecular weight is 130 g/mol. The summed E-state index contributed by atoms with van der Waals surface area (Å²) in [4.78, 5) is 9.96. The Kier molecular flexibility index (Phi) is 1.57. The van der Waals surface area contributed by atoms with E-state index in [1.54, 1.807) is 0 Å². The van der Waals surface area contributed by atoms with E-state index in [9.17, 15) is 4.79 Å². The van der Waals surface area contributed by atoms with Crippen LogP contribution in [-0.4, -0.2) is 23.3 Å². The van der Waals surface area contributed by atoms with Gasteiger partial charge in [0.25, 0.3) is 0 Å². The molecule has 0 heterocycles. The number of nitrogens with two attached hydrogens (primary N) is 1. The summed E-state index contributed by atoms with van der Waals surface area (Å²) >= 11 is 0. The summed E-state index contributed by atoms with van der Waals surface area (Å²) in [6.45, 7) is 0. The molecule has 1 amide bonds. The molecular formula is C5H10N2O2. The minimum absolute atomic E-state index is 0.109. The van der Waals surface area contributed by atoms with Gasteiger partial charge in [-0.05, 0) is 12.8 Å². The SMILES string of the molecule is N[C@H]1C[C@H](NC(=O)O)C1. The smallest absolute Gasteiger partial charge is 0.404 e. The highest BCUT2D eigenvalue weighted by Gasteiger charge is 2.26. The second-order valence-corrected chi connectivity index (χ2v) is 2.38. The molecular weight excluding hydrogens is 120 g/mol. The molecule has 4 heteroatoms. The fourth-order valence-corrected chi connectivity index (χ4v) is 0.954. The predicted molar refractivity (Wildman–Crippen MR) is 32.2 cm³/mol. The van der Waals surface area contributed by atoms with Crippen molar-refractivity contribution in [3.8, 4) is 0 Å². The molecule has 0 aromatic rings. The Bertz CT molecular complexity index is 120. The molecule has 1 aliphatic carbocycles. The van der Waals surface area contributed by atoms with Gasteiger partial charge in [-0.1, -0.05) is 0 Å². The topological polar surface area (TPSA) is 75.3 Å². The zero-order chi connectivity index (χ0) is 6.85. The first-order chi connectivity index (χ1) is 4.18. The van der Waals surface area contributed by atoms with Gasteiger partial charge in [0.05, 0.1) is 0 Å². The van der Waals surface area contributed by atoms with Crippen LogP contribution in [0.5, 0.6) is 0 Å². The number of rotatable bonds is 1. The lowest BCUT2D eigenvalue weighted by atomic mass is 9.88. The highest BCUT2D eigenvalue weighted by molar-refractivity contribution is 5.65. The Morgan fingerprint density at radius 2 is 2.22 bits per heavy atom. The third-order valence-electron chi connectivity index (χ3n) is 1.50. The van der Waals surface area contributed by atoms with Gasteiger partial charge in [0.1, 0.15) is 0 Å². The predicted octanol–water partition coefficient (Wildman–Crippen LogP) is -0.256. The van der Waals surface area contributed by atoms with Gasteiger partial charge in [-0.3, -0.25) is 0 Å². The minimum atomic E-state index is -0.952. The van der Waals surface area contributed by atoms with Crippen molar-refractivity contribution in [2.24, 2.45) is 5.73 Å². The minimum Gasteiger partial charge on any atom is -0.465 e. The third-order valence-corrected chi connectivity index (χ3v) is 1.50. The van der Waals surface area contributed by atoms with Gasteiger partial charge < -0.3 is 16.2 Å². The van der Waals surface area contributed by atoms with Crippen LogP contribution in [-0.2, 0) is 0 Å². The molecule has 1 fully saturated rings. The standard InChI is InChI=1S/C5H10N2O2/c6-3-1-4(2-3)7-5(8)9/h3-4,7H,1-2,6H2,(H,8,9)/t3-,4-. The largest absolute Gasteiger partial charge is 0.465 e. The van der Waals surface area contributed by atoms with Crippen LogP contribution >= 0.6 is 0 Å². The average Bonchev–Trinajstić information content (AvgIpc) is 1.60. The maximum Gasteiger partial charge on any atom is 0.404 e. The zero-order valence-corrected chi connectivity index (χ0v) is 5.00. The monoisotopic (exact) mass is 130 g/mol. The van der Waals surface area contributed by atoms with Gasteiger partial charge >= 0.3 is 6.09 Å². The highest BCUT2D eigenvalue weighted by Crippen LogP contribution is 2.16. The normalized spacial score (nSPS) is 33.0. The summed E-state index contributed by atoms with van der Waals surface area (Å²) in [6, 6.07) is 0.319. The number of hydrogen-bond donors (Lipinski definition) is 3. The summed E-state index contributed by atoms with van der Waals surface area (Å²) in [5.41, 5.74) is 5.41. The van der Waals surface area contributed by atoms with E-state index in [1.165, 1.54) is 0 Å². The summed E-state index contributed by atoms with van der Waals surface area (Å²) in [5, 5.41) is 10.5. The number of hydrogen-bond acceptors (Lipinski definition) is 2. The number of carbonyl (C=O) groups is 1. The Hall–Kier alpha value is -0.770. The van der Waals surface area contributed by atoms with Crippen molar-refractivity contribution in [3.63, 3.8) is 0 Å². The van der Waals surface area contributed by atoms with Gasteiger partial charge in [0.2, 0.25) is 0 Å². The van der Waals surface area contributed by atoms with Crippen LogP contribution in [0.15, 0.2) is 0 Å². The summed E-state index contributed by atoms with van der Waals surface area (Å²) in [7, 11) is 0. The Balaban J connectivity index is 2.11. The Morgan fingerprint density at radius 3 is 2.56 bits per heavy atom. The van der Waals surface area contributed by atoms with Crippen molar-refractivity contribution >= 4 is 6.09 Å². The molecule has 0 saturated heterocycles. The quantitative estimate of drug-likeness (QED) is 0.458. The van der Waals surface area contributed by atoms with Gasteiger partial charge in [0, 0.05) is 12.1 Å². The fraction of sp³-hybridized carbons (Fsp3) is 0.800. The summed E-state index contributed by atoms with van der Waals surface area (Å²) < 4.78 is 0. The van der Waals surface area contributed by atoms with E-state index in [1.807, 2.05) is 0 Å². The van der Waals surface area contributed by atoms with Crippen molar-refractivity contribution < 1.29 is 9.90 Å². The number of nitrogens with one attached hydrogen (secondary N) is 1. The van der Waals surface area contributed by atoms with E-state index in [4.69, 9.17) is 10.8 Å². The molecule has 0 aliphatic heterocycles. The molecule has 1 aliphatic rings. The number of amides is 1. The van der Waals surface area contributed by atoms with Gasteiger partial charge in [0.15, 0.2) is 0 Å². The zero-order valence-electron chi connectivity index (χ0n) is 5.00. The van der Waals surface area contributed by atoms with Gasteiger partial charge in [-0.25, -0.2) is 4.79 Å². The van der Waals surface area contributed by atoms with Crippen LogP contribution in [0, 0.1) is 0 Å². The fourth-order valence-electron chi connectivity index (χ4n) is 0.954. The first-order valence-corrected chi connectivity index (χ1v) is 2.93. The van der Waals surface area contributed by atoms with Crippen LogP contribution in [0.2, 0.25) is 0 Å². The van der Waals surface area contributed by atoms with Gasteiger partial charge in [-0.2, -0.15) is 0 Å². The van der Waals surface area contributed by atoms with E-state index in [-0.39, 0.29) is 12.1 Å². The van der Waals surface area contributed by atoms with Crippen LogP contribution in [0.1, 0.15) is 12.8 Å². The summed E-state index contributed by atoms with van der Waals surface area (Å²) in [5.74, 6) is 0. The highest BCUT2D eigenvalue weighted by atomic mass is 16.4. The second kappa shape index (κ2) is 2.23. The third kappa shape index (κ3) is 1.57. The van der Waals surface area contributed by atoms with Crippen LogP contribution in [0.4, 0.5) is 4.79 Å². The molecule has 0 unspecified atom stereocenters. The van der Waals surface area contributed by atoms with E-state index in [2.05, 4.69) is 5.32 Å². The molecule has 0 atom stereocenters. The van der Waals surface area contributed by atoms with E-state index >= 15 is 0 Å². The maximum atomic E-state index is 9.96. The Labute approximate surface area is 53.0 Å². The van der Waals surface area contributed by atoms with Crippen LogP contribution in [0.25, 0.3) is 0 Å². The summed E-state index contributed by atoms with van der Waals surface area (Å²) in [6.07, 6.45) is 0.616. The molecule has 1 saturated carbocycles. The van der Waals surface area contributed by atoms with Crippen molar-refractivity contribution in [3.05, 3.63) is 0 Å². The van der Waals surface area contributed by atoms with E-state index in [0.717, 1.165) is 12.8 Å². The van der Waals surface area contributed by atoms with Crippen LogP contribution in [0.3, 0.4) is 0 Å². The lowest BCUT2D eigenvalue weighted by molar-refractivity contribution is 0.178. The molecule has 0 radical (unpaired) electrons. The second-order valence-electron chi connectivity index (χ2n) is 2.38. The Morgan fingerprint density at radius 1 is 1.67 bits per heavy atom. The molecule has 52 valence electrons. The molecule has 0 spiro atoms. The van der Waals surface area contributed by atoms with Crippen LogP contribution < -0.4 is 11.1 Å². The van der Waals surface area contributed by atoms with Crippen molar-refractivity contribution in [1.82, 2.24) is 5.32 Å². The number of carboxylic acid groups (broad SMARTS) is 1. The molecule has 4 nitrogen and oxygen atoms in total. The van der Waals surface area contributed by atoms with Crippen molar-refractivity contribution in [2.75, 3.05) is 0 Å². The first-order valence-electron chi connectivity index (χ1n) is 2.93. The van der Waals surface area contributed by atoms with Crippen molar-refractivity contribution in [2.45, 2.75) is 24.9 Å². The lowest BCUT2D eigenvalue weighted by Gasteiger charge is -2.31. The van der Waals surface area contributed by atoms with Crippen molar-refractivity contribution in [1.29, 1.82) is 0 Å². The molecule has 0 bridgehead atoms. The molecule has 0 aromatic carbocycles. The first kappa shape index (κ1) is 6.35. The maximum absolute atomic E-state index is 9.96.